The van der Waals surface area contributed by atoms with Gasteiger partial charge >= 0.3 is 5.97 Å². The third kappa shape index (κ3) is 5.08. The highest BCUT2D eigenvalue weighted by molar-refractivity contribution is 8.00. The first-order valence-corrected chi connectivity index (χ1v) is 12.1. The van der Waals surface area contributed by atoms with Crippen molar-refractivity contribution in [2.75, 3.05) is 4.72 Å². The number of carbonyl (C=O) groups is 1. The minimum Gasteiger partial charge on any atom is -0.478 e. The summed E-state index contributed by atoms with van der Waals surface area (Å²) in [7, 11) is 0. The summed E-state index contributed by atoms with van der Waals surface area (Å²) in [5, 5.41) is 10.9. The largest absolute Gasteiger partial charge is 0.478 e. The number of fused-ring (bicyclic) bond motifs is 1. The average Bonchev–Trinajstić information content (AvgIpc) is 3.36. The SMILES string of the molecule is O=C(O)c1cccc(C#Cc2cccc(NSc3ccc(F)c(Cl)c3)c2)c1-c1ccc2cc[nH]c2c1. The first kappa shape index (κ1) is 23.6. The fourth-order valence-electron chi connectivity index (χ4n) is 3.81. The van der Waals surface area contributed by atoms with Crippen LogP contribution in [0.2, 0.25) is 5.02 Å². The van der Waals surface area contributed by atoms with Crippen LogP contribution in [-0.4, -0.2) is 16.1 Å². The zero-order valence-electron chi connectivity index (χ0n) is 18.7. The Hall–Kier alpha value is -4.18. The van der Waals surface area contributed by atoms with Gasteiger partial charge in [-0.1, -0.05) is 47.7 Å². The summed E-state index contributed by atoms with van der Waals surface area (Å²) in [6.45, 7) is 0. The van der Waals surface area contributed by atoms with Crippen molar-refractivity contribution in [1.82, 2.24) is 4.98 Å². The number of aromatic nitrogens is 1. The molecule has 7 heteroatoms. The lowest BCUT2D eigenvalue weighted by Crippen LogP contribution is -2.01. The average molecular weight is 513 g/mol. The number of aromatic amines is 1. The van der Waals surface area contributed by atoms with E-state index in [-0.39, 0.29) is 10.6 Å². The number of rotatable bonds is 5. The number of nitrogens with one attached hydrogen (secondary N) is 2. The van der Waals surface area contributed by atoms with Gasteiger partial charge in [-0.05, 0) is 83.6 Å². The molecule has 0 amide bonds. The quantitative estimate of drug-likeness (QED) is 0.166. The van der Waals surface area contributed by atoms with Gasteiger partial charge in [-0.25, -0.2) is 9.18 Å². The van der Waals surface area contributed by atoms with Crippen molar-refractivity contribution in [3.05, 3.63) is 119 Å². The highest BCUT2D eigenvalue weighted by Gasteiger charge is 2.15. The van der Waals surface area contributed by atoms with E-state index < -0.39 is 11.8 Å². The van der Waals surface area contributed by atoms with Gasteiger partial charge in [0, 0.05) is 39.0 Å². The highest BCUT2D eigenvalue weighted by Crippen LogP contribution is 2.30. The van der Waals surface area contributed by atoms with E-state index in [4.69, 9.17) is 11.6 Å². The van der Waals surface area contributed by atoms with Crippen LogP contribution in [0.1, 0.15) is 21.5 Å². The minimum atomic E-state index is -1.01. The van der Waals surface area contributed by atoms with Crippen LogP contribution in [0.4, 0.5) is 10.1 Å². The lowest BCUT2D eigenvalue weighted by Gasteiger charge is -2.10. The number of carboxylic acid groups (broad SMARTS) is 1. The lowest BCUT2D eigenvalue weighted by molar-refractivity contribution is 0.0697. The Morgan fingerprint density at radius 2 is 1.83 bits per heavy atom. The molecule has 4 nitrogen and oxygen atoms in total. The topological polar surface area (TPSA) is 65.1 Å². The molecule has 0 saturated carbocycles. The molecule has 176 valence electrons. The van der Waals surface area contributed by atoms with E-state index >= 15 is 0 Å². The van der Waals surface area contributed by atoms with Crippen molar-refractivity contribution in [3.63, 3.8) is 0 Å². The van der Waals surface area contributed by atoms with Crippen LogP contribution >= 0.6 is 23.5 Å². The van der Waals surface area contributed by atoms with Gasteiger partial charge in [-0.2, -0.15) is 0 Å². The number of H-pyrrole nitrogens is 1. The third-order valence-electron chi connectivity index (χ3n) is 5.52. The van der Waals surface area contributed by atoms with Gasteiger partial charge < -0.3 is 14.8 Å². The molecule has 0 saturated heterocycles. The Labute approximate surface area is 216 Å². The zero-order chi connectivity index (χ0) is 25.1. The fraction of sp³-hybridized carbons (Fsp3) is 0. The highest BCUT2D eigenvalue weighted by atomic mass is 35.5. The maximum Gasteiger partial charge on any atom is 0.336 e. The summed E-state index contributed by atoms with van der Waals surface area (Å²) < 4.78 is 16.6. The van der Waals surface area contributed by atoms with Gasteiger partial charge in [0.2, 0.25) is 0 Å². The predicted octanol–water partition coefficient (Wildman–Crippen LogP) is 7.84. The smallest absolute Gasteiger partial charge is 0.336 e. The zero-order valence-corrected chi connectivity index (χ0v) is 20.3. The normalized spacial score (nSPS) is 10.6. The molecular weight excluding hydrogens is 495 g/mol. The Morgan fingerprint density at radius 1 is 0.972 bits per heavy atom. The van der Waals surface area contributed by atoms with Crippen LogP contribution in [-0.2, 0) is 0 Å². The van der Waals surface area contributed by atoms with Crippen molar-refractivity contribution >= 4 is 46.1 Å². The van der Waals surface area contributed by atoms with Gasteiger partial charge in [0.25, 0.3) is 0 Å². The molecule has 0 unspecified atom stereocenters. The van der Waals surface area contributed by atoms with Crippen LogP contribution in [0, 0.1) is 17.7 Å². The number of hydrogen-bond donors (Lipinski definition) is 3. The molecule has 0 aliphatic heterocycles. The molecule has 4 aromatic carbocycles. The van der Waals surface area contributed by atoms with Crippen LogP contribution in [0.3, 0.4) is 0 Å². The molecule has 0 bridgehead atoms. The van der Waals surface area contributed by atoms with Crippen molar-refractivity contribution in [2.24, 2.45) is 0 Å². The van der Waals surface area contributed by atoms with Crippen LogP contribution < -0.4 is 4.72 Å². The molecule has 0 radical (unpaired) electrons. The van der Waals surface area contributed by atoms with E-state index in [2.05, 4.69) is 21.5 Å². The third-order valence-corrected chi connectivity index (χ3v) is 6.64. The first-order valence-electron chi connectivity index (χ1n) is 10.9. The second-order valence-electron chi connectivity index (χ2n) is 7.92. The molecule has 0 spiro atoms. The van der Waals surface area contributed by atoms with E-state index in [1.807, 2.05) is 60.8 Å². The van der Waals surface area contributed by atoms with Crippen LogP contribution in [0.25, 0.3) is 22.0 Å². The maximum absolute atomic E-state index is 13.4. The van der Waals surface area contributed by atoms with E-state index in [1.54, 1.807) is 24.3 Å². The van der Waals surface area contributed by atoms with Gasteiger partial charge in [0.05, 0.1) is 10.6 Å². The lowest BCUT2D eigenvalue weighted by atomic mass is 9.93. The monoisotopic (exact) mass is 512 g/mol. The second kappa shape index (κ2) is 10.2. The minimum absolute atomic E-state index is 0.0660. The Bertz CT molecular complexity index is 1670. The summed E-state index contributed by atoms with van der Waals surface area (Å²) in [5.41, 5.74) is 4.65. The molecule has 0 aliphatic rings. The molecule has 36 heavy (non-hydrogen) atoms. The number of anilines is 1. The van der Waals surface area contributed by atoms with Crippen molar-refractivity contribution in [1.29, 1.82) is 0 Å². The summed E-state index contributed by atoms with van der Waals surface area (Å²) >= 11 is 7.17. The van der Waals surface area contributed by atoms with Crippen molar-refractivity contribution in [2.45, 2.75) is 4.90 Å². The molecule has 1 heterocycles. The Balaban J connectivity index is 1.45. The fourth-order valence-corrected chi connectivity index (χ4v) is 4.73. The van der Waals surface area contributed by atoms with E-state index in [0.717, 1.165) is 32.6 Å². The van der Waals surface area contributed by atoms with Crippen molar-refractivity contribution in [3.8, 4) is 23.0 Å². The second-order valence-corrected chi connectivity index (χ2v) is 9.21. The summed E-state index contributed by atoms with van der Waals surface area (Å²) in [6, 6.07) is 24.9. The molecule has 0 aliphatic carbocycles. The van der Waals surface area contributed by atoms with E-state index in [9.17, 15) is 14.3 Å². The number of hydrogen-bond acceptors (Lipinski definition) is 3. The van der Waals surface area contributed by atoms with Crippen LogP contribution in [0.15, 0.2) is 96.0 Å². The number of halogens is 2. The standard InChI is InChI=1S/C29H18ClFN2O2S/c30-25-17-23(11-12-26(25)31)36-33-22-5-1-3-18(15-22)7-8-20-4-2-6-24(29(34)35)28(20)21-10-9-19-13-14-32-27(19)16-21/h1-6,9-17,32-33H,(H,34,35). The molecule has 5 rings (SSSR count). The molecule has 0 fully saturated rings. The number of aromatic carboxylic acids is 1. The maximum atomic E-state index is 13.4. The summed E-state index contributed by atoms with van der Waals surface area (Å²) in [6.07, 6.45) is 1.85. The molecule has 3 N–H and O–H groups in total. The predicted molar refractivity (Wildman–Crippen MR) is 144 cm³/mol. The molecule has 0 atom stereocenters. The summed E-state index contributed by atoms with van der Waals surface area (Å²) in [4.78, 5) is 16.0. The van der Waals surface area contributed by atoms with E-state index in [1.165, 1.54) is 18.0 Å². The number of benzene rings is 4. The Morgan fingerprint density at radius 3 is 2.67 bits per heavy atom. The van der Waals surface area contributed by atoms with Gasteiger partial charge in [-0.15, -0.1) is 0 Å². The summed E-state index contributed by atoms with van der Waals surface area (Å²) in [5.74, 6) is 4.85. The number of carboxylic acids is 1. The van der Waals surface area contributed by atoms with Gasteiger partial charge in [0.1, 0.15) is 5.82 Å². The van der Waals surface area contributed by atoms with Gasteiger partial charge in [0.15, 0.2) is 0 Å². The van der Waals surface area contributed by atoms with E-state index in [0.29, 0.717) is 11.1 Å². The van der Waals surface area contributed by atoms with Gasteiger partial charge in [-0.3, -0.25) is 0 Å². The Kier molecular flexibility index (Phi) is 6.68. The van der Waals surface area contributed by atoms with Crippen molar-refractivity contribution < 1.29 is 14.3 Å². The first-order chi connectivity index (χ1) is 17.5. The molecule has 1 aromatic heterocycles. The molecular formula is C29H18ClFN2O2S. The molecule has 5 aromatic rings. The van der Waals surface area contributed by atoms with Crippen LogP contribution in [0.5, 0.6) is 0 Å².